The third-order valence-corrected chi connectivity index (χ3v) is 7.00. The second-order valence-electron chi connectivity index (χ2n) is 3.81. The number of hydrogen-bond donors (Lipinski definition) is 0. The first kappa shape index (κ1) is 11.9. The van der Waals surface area contributed by atoms with Crippen LogP contribution in [0.5, 0.6) is 0 Å². The molecule has 0 heterocycles. The van der Waals surface area contributed by atoms with E-state index in [1.165, 1.54) is 18.9 Å². The lowest BCUT2D eigenvalue weighted by molar-refractivity contribution is 0.619. The van der Waals surface area contributed by atoms with Crippen LogP contribution < -0.4 is 0 Å². The Morgan fingerprint density at radius 1 is 1.25 bits per heavy atom. The van der Waals surface area contributed by atoms with Gasteiger partial charge in [0.1, 0.15) is 8.24 Å². The molecule has 0 aliphatic rings. The number of nitrogens with zero attached hydrogens (tertiary/aromatic N) is 1. The maximum atomic E-state index is 2.47. The summed E-state index contributed by atoms with van der Waals surface area (Å²) >= 11 is 0. The molecule has 1 unspecified atom stereocenters. The van der Waals surface area contributed by atoms with E-state index in [1.807, 2.05) is 0 Å². The van der Waals surface area contributed by atoms with Gasteiger partial charge in [-0.05, 0) is 26.6 Å². The van der Waals surface area contributed by atoms with Gasteiger partial charge in [0.2, 0.25) is 0 Å². The molecule has 0 saturated heterocycles. The van der Waals surface area contributed by atoms with Gasteiger partial charge in [-0.2, -0.15) is 0 Å². The quantitative estimate of drug-likeness (QED) is 0.595. The van der Waals surface area contributed by atoms with Crippen LogP contribution in [0.2, 0.25) is 12.6 Å². The summed E-state index contributed by atoms with van der Waals surface area (Å²) in [6, 6.07) is 1.37. The Balaban J connectivity index is 4.28. The molecule has 0 aromatic rings. The second kappa shape index (κ2) is 5.54. The summed E-state index contributed by atoms with van der Waals surface area (Å²) in [5, 5.41) is 0. The van der Waals surface area contributed by atoms with Crippen molar-refractivity contribution < 1.29 is 0 Å². The topological polar surface area (TPSA) is 3.24 Å². The van der Waals surface area contributed by atoms with Gasteiger partial charge in [-0.25, -0.2) is 0 Å². The Morgan fingerprint density at radius 2 is 1.83 bits per heavy atom. The third-order valence-electron chi connectivity index (χ3n) is 2.49. The Bertz CT molecular complexity index is 143. The molecule has 0 rings (SSSR count). The Labute approximate surface area is 78.6 Å². The van der Waals surface area contributed by atoms with Gasteiger partial charge < -0.3 is 4.57 Å². The van der Waals surface area contributed by atoms with E-state index in [0.29, 0.717) is 0 Å². The molecule has 0 aliphatic carbocycles. The van der Waals surface area contributed by atoms with E-state index in [0.717, 1.165) is 0 Å². The average molecular weight is 185 g/mol. The minimum absolute atomic E-state index is 1.17. The lowest BCUT2D eigenvalue weighted by Crippen LogP contribution is -2.44. The predicted octanol–water partition coefficient (Wildman–Crippen LogP) is 3.04. The van der Waals surface area contributed by atoms with E-state index in [9.17, 15) is 0 Å². The van der Waals surface area contributed by atoms with Crippen molar-refractivity contribution in [3.63, 3.8) is 0 Å². The van der Waals surface area contributed by atoms with E-state index in [4.69, 9.17) is 0 Å². The summed E-state index contributed by atoms with van der Waals surface area (Å²) in [6.07, 6.45) is 4.79. The fraction of sp³-hybridized carbons (Fsp3) is 0.800. The van der Waals surface area contributed by atoms with E-state index in [2.05, 4.69) is 50.8 Å². The number of allylic oxidation sites excluding steroid dienone is 1. The van der Waals surface area contributed by atoms with Gasteiger partial charge in [0.25, 0.3) is 0 Å². The van der Waals surface area contributed by atoms with Crippen LogP contribution in [-0.2, 0) is 0 Å². The van der Waals surface area contributed by atoms with E-state index in [1.54, 1.807) is 0 Å². The summed E-state index contributed by atoms with van der Waals surface area (Å²) in [7, 11) is 3.23. The van der Waals surface area contributed by atoms with Crippen molar-refractivity contribution >= 4 is 8.24 Å². The van der Waals surface area contributed by atoms with E-state index in [-0.39, 0.29) is 0 Å². The minimum Gasteiger partial charge on any atom is -0.326 e. The minimum atomic E-state index is -1.19. The molecule has 0 aliphatic heterocycles. The van der Waals surface area contributed by atoms with Crippen molar-refractivity contribution in [1.82, 2.24) is 4.57 Å². The van der Waals surface area contributed by atoms with Crippen LogP contribution in [0, 0.1) is 0 Å². The largest absolute Gasteiger partial charge is 0.326 e. The maximum Gasteiger partial charge on any atom is 0.149 e. The molecule has 0 aromatic heterocycles. The average Bonchev–Trinajstić information content (AvgIpc) is 2.01. The second-order valence-corrected chi connectivity index (χ2v) is 8.25. The predicted molar refractivity (Wildman–Crippen MR) is 59.8 cm³/mol. The van der Waals surface area contributed by atoms with Crippen LogP contribution >= 0.6 is 0 Å². The van der Waals surface area contributed by atoms with Crippen molar-refractivity contribution in [3.8, 4) is 0 Å². The summed E-state index contributed by atoms with van der Waals surface area (Å²) < 4.78 is 2.43. The molecule has 0 amide bonds. The molecule has 0 saturated carbocycles. The van der Waals surface area contributed by atoms with Crippen LogP contribution in [0.25, 0.3) is 0 Å². The van der Waals surface area contributed by atoms with Gasteiger partial charge in [-0.3, -0.25) is 0 Å². The highest BCUT2D eigenvalue weighted by Gasteiger charge is 2.25. The van der Waals surface area contributed by atoms with Crippen molar-refractivity contribution in [2.45, 2.75) is 39.3 Å². The fourth-order valence-electron chi connectivity index (χ4n) is 1.33. The number of hydrogen-bond acceptors (Lipinski definition) is 1. The van der Waals surface area contributed by atoms with Crippen molar-refractivity contribution in [3.05, 3.63) is 11.8 Å². The van der Waals surface area contributed by atoms with Crippen molar-refractivity contribution in [2.75, 3.05) is 14.1 Å². The molecule has 2 heteroatoms. The standard InChI is InChI=1S/C10H23NSi/c1-6-8-10-12(5,9-7-2)11(3)4/h8,10H,6-7,9H2,1-5H3. The summed E-state index contributed by atoms with van der Waals surface area (Å²) in [4.78, 5) is 0. The molecule has 0 fully saturated rings. The summed E-state index contributed by atoms with van der Waals surface area (Å²) in [5.41, 5.74) is 2.47. The highest BCUT2D eigenvalue weighted by Crippen LogP contribution is 2.16. The molecule has 72 valence electrons. The molecule has 0 radical (unpaired) electrons. The van der Waals surface area contributed by atoms with Crippen LogP contribution in [0.1, 0.15) is 26.7 Å². The molecular formula is C10H23NSi. The first-order chi connectivity index (χ1) is 5.56. The molecular weight excluding hydrogens is 162 g/mol. The lowest BCUT2D eigenvalue weighted by Gasteiger charge is -2.30. The Kier molecular flexibility index (Phi) is 5.50. The number of rotatable bonds is 5. The maximum absolute atomic E-state index is 2.47. The molecule has 1 atom stereocenters. The summed E-state index contributed by atoms with van der Waals surface area (Å²) in [5.74, 6) is 0. The van der Waals surface area contributed by atoms with Gasteiger partial charge in [-0.1, -0.05) is 38.6 Å². The van der Waals surface area contributed by atoms with Gasteiger partial charge in [0, 0.05) is 0 Å². The SMILES string of the molecule is CCC=C[Si](C)(CCC)N(C)C. The van der Waals surface area contributed by atoms with Gasteiger partial charge in [0.15, 0.2) is 0 Å². The molecule has 0 N–H and O–H groups in total. The van der Waals surface area contributed by atoms with Gasteiger partial charge in [0.05, 0.1) is 0 Å². The van der Waals surface area contributed by atoms with E-state index < -0.39 is 8.24 Å². The van der Waals surface area contributed by atoms with Gasteiger partial charge >= 0.3 is 0 Å². The van der Waals surface area contributed by atoms with Crippen LogP contribution in [0.4, 0.5) is 0 Å². The van der Waals surface area contributed by atoms with E-state index >= 15 is 0 Å². The normalized spacial score (nSPS) is 17.2. The molecule has 0 aromatic carbocycles. The van der Waals surface area contributed by atoms with Crippen LogP contribution in [-0.4, -0.2) is 26.9 Å². The van der Waals surface area contributed by atoms with Crippen molar-refractivity contribution in [1.29, 1.82) is 0 Å². The van der Waals surface area contributed by atoms with Crippen molar-refractivity contribution in [2.24, 2.45) is 0 Å². The zero-order valence-corrected chi connectivity index (χ0v) is 10.2. The van der Waals surface area contributed by atoms with Crippen LogP contribution in [0.3, 0.4) is 0 Å². The molecule has 12 heavy (non-hydrogen) atoms. The smallest absolute Gasteiger partial charge is 0.149 e. The first-order valence-electron chi connectivity index (χ1n) is 4.92. The van der Waals surface area contributed by atoms with Gasteiger partial charge in [-0.15, -0.1) is 0 Å². The summed E-state index contributed by atoms with van der Waals surface area (Å²) in [6.45, 7) is 6.91. The highest BCUT2D eigenvalue weighted by molar-refractivity contribution is 6.80. The third kappa shape index (κ3) is 3.54. The molecule has 0 spiro atoms. The van der Waals surface area contributed by atoms with Crippen LogP contribution in [0.15, 0.2) is 11.8 Å². The fourth-order valence-corrected chi connectivity index (χ4v) is 4.00. The monoisotopic (exact) mass is 185 g/mol. The molecule has 0 bridgehead atoms. The highest BCUT2D eigenvalue weighted by atomic mass is 28.3. The first-order valence-corrected chi connectivity index (χ1v) is 7.65. The lowest BCUT2D eigenvalue weighted by atomic mass is 10.5. The molecule has 1 nitrogen and oxygen atoms in total. The Hall–Kier alpha value is -0.0831. The zero-order chi connectivity index (χ0) is 9.61. The zero-order valence-electron chi connectivity index (χ0n) is 9.22. The Morgan fingerprint density at radius 3 is 2.17 bits per heavy atom.